The lowest BCUT2D eigenvalue weighted by Crippen LogP contribution is -2.20. The summed E-state index contributed by atoms with van der Waals surface area (Å²) in [4.78, 5) is 0. The van der Waals surface area contributed by atoms with Crippen LogP contribution in [0, 0.1) is 56.8 Å². The molecule has 0 radical (unpaired) electrons. The van der Waals surface area contributed by atoms with Crippen LogP contribution in [-0.4, -0.2) is 0 Å². The predicted octanol–water partition coefficient (Wildman–Crippen LogP) is 28.6. The summed E-state index contributed by atoms with van der Waals surface area (Å²) in [5.74, 6) is -9.46. The van der Waals surface area contributed by atoms with Gasteiger partial charge in [-0.15, -0.1) is 0 Å². The van der Waals surface area contributed by atoms with Crippen molar-refractivity contribution in [3.63, 3.8) is 0 Å². The zero-order valence-electron chi connectivity index (χ0n) is 57.1. The lowest BCUT2D eigenvalue weighted by molar-refractivity contribution is -0.137. The van der Waals surface area contributed by atoms with Crippen molar-refractivity contribution in [1.29, 1.82) is 0 Å². The molecule has 0 atom stereocenters. The Hall–Kier alpha value is -3.61. The summed E-state index contributed by atoms with van der Waals surface area (Å²) in [7, 11) is 0. The maximum Gasteiger partial charge on any atom is 0.416 e. The molecule has 0 nitrogen and oxygen atoms in total. The van der Waals surface area contributed by atoms with Gasteiger partial charge in [-0.1, -0.05) is 295 Å². The van der Waals surface area contributed by atoms with Crippen molar-refractivity contribution in [3.8, 4) is 0 Å². The Morgan fingerprint density at radius 1 is 0.311 bits per heavy atom. The lowest BCUT2D eigenvalue weighted by Gasteiger charge is -2.23. The van der Waals surface area contributed by atoms with E-state index in [9.17, 15) is 35.1 Å². The van der Waals surface area contributed by atoms with Crippen LogP contribution >= 0.6 is 89.9 Å². The molecule has 0 N–H and O–H groups in total. The average molecular weight is 1480 g/mol. The number of alkyl halides is 3. The largest absolute Gasteiger partial charge is 0.416 e. The molecule has 0 aromatic heterocycles. The fourth-order valence-corrected chi connectivity index (χ4v) is 13.9. The molecule has 0 bridgehead atoms. The van der Waals surface area contributed by atoms with Crippen LogP contribution in [0.3, 0.4) is 0 Å². The first-order valence-electron chi connectivity index (χ1n) is 29.3. The number of benzene rings is 7. The van der Waals surface area contributed by atoms with Gasteiger partial charge in [-0.3, -0.25) is 0 Å². The van der Waals surface area contributed by atoms with Crippen LogP contribution in [0.1, 0.15) is 212 Å². The molecular formula is C75H93Br2Cl5F8. The number of halogens is 15. The fourth-order valence-electron chi connectivity index (χ4n) is 9.65. The highest BCUT2D eigenvalue weighted by Gasteiger charge is 2.33. The van der Waals surface area contributed by atoms with Gasteiger partial charge >= 0.3 is 6.18 Å². The molecule has 498 valence electrons. The first kappa shape index (κ1) is 84.4. The minimum Gasteiger partial charge on any atom is -0.203 e. The molecule has 0 amide bonds. The molecule has 0 saturated heterocycles. The molecule has 0 unspecified atom stereocenters. The van der Waals surface area contributed by atoms with Crippen molar-refractivity contribution in [2.45, 2.75) is 217 Å². The molecule has 7 aromatic carbocycles. The van der Waals surface area contributed by atoms with E-state index < -0.39 is 51.8 Å². The summed E-state index contributed by atoms with van der Waals surface area (Å²) in [5, 5.41) is 3.82. The van der Waals surface area contributed by atoms with Crippen LogP contribution < -0.4 is 0 Å². The molecule has 7 aromatic rings. The molecule has 90 heavy (non-hydrogen) atoms. The van der Waals surface area contributed by atoms with Crippen LogP contribution in [-0.2, 0) is 44.1 Å². The van der Waals surface area contributed by atoms with E-state index >= 15 is 0 Å². The Kier molecular flexibility index (Phi) is 31.6. The van der Waals surface area contributed by atoms with Gasteiger partial charge in [0.05, 0.1) is 5.56 Å². The molecule has 15 heteroatoms. The zero-order chi connectivity index (χ0) is 70.6. The third-order valence-corrected chi connectivity index (χ3v) is 16.1. The monoisotopic (exact) mass is 1480 g/mol. The van der Waals surface area contributed by atoms with E-state index in [1.165, 1.54) is 70.8 Å². The highest BCUT2D eigenvalue weighted by molar-refractivity contribution is 9.11. The van der Waals surface area contributed by atoms with Crippen molar-refractivity contribution in [2.75, 3.05) is 0 Å². The van der Waals surface area contributed by atoms with Crippen LogP contribution in [0.15, 0.2) is 118 Å². The van der Waals surface area contributed by atoms with Gasteiger partial charge in [0.25, 0.3) is 0 Å². The van der Waals surface area contributed by atoms with E-state index in [4.69, 9.17) is 58.0 Å². The van der Waals surface area contributed by atoms with Crippen LogP contribution in [0.2, 0.25) is 25.1 Å². The van der Waals surface area contributed by atoms with Gasteiger partial charge in [-0.05, 0) is 170 Å². The molecule has 7 rings (SSSR count). The van der Waals surface area contributed by atoms with Crippen molar-refractivity contribution in [3.05, 3.63) is 239 Å². The van der Waals surface area contributed by atoms with Gasteiger partial charge in [0.15, 0.2) is 23.3 Å². The summed E-state index contributed by atoms with van der Waals surface area (Å²) < 4.78 is 104. The molecule has 0 fully saturated rings. The molecule has 0 aliphatic heterocycles. The highest BCUT2D eigenvalue weighted by atomic mass is 79.9. The van der Waals surface area contributed by atoms with Gasteiger partial charge in [0.1, 0.15) is 0 Å². The third kappa shape index (κ3) is 26.7. The summed E-state index contributed by atoms with van der Waals surface area (Å²) in [6.45, 7) is 50.5. The second-order valence-electron chi connectivity index (χ2n) is 29.3. The number of rotatable bonds is 0. The van der Waals surface area contributed by atoms with E-state index in [0.29, 0.717) is 10.6 Å². The van der Waals surface area contributed by atoms with Crippen LogP contribution in [0.4, 0.5) is 35.1 Å². The molecular weight excluding hydrogens is 1390 g/mol. The van der Waals surface area contributed by atoms with Gasteiger partial charge in [-0.2, -0.15) is 13.2 Å². The Bertz CT molecular complexity index is 3240. The average Bonchev–Trinajstić information content (AvgIpc) is 0.822. The van der Waals surface area contributed by atoms with Gasteiger partial charge in [-0.25, -0.2) is 22.0 Å². The van der Waals surface area contributed by atoms with Crippen LogP contribution in [0.25, 0.3) is 0 Å². The maximum atomic E-state index is 13.2. The summed E-state index contributed by atoms with van der Waals surface area (Å²) in [6, 6.07) is 34.4. The summed E-state index contributed by atoms with van der Waals surface area (Å²) >= 11 is 37.2. The molecule has 0 aliphatic carbocycles. The Balaban J connectivity index is 0.000000526. The molecule has 0 spiro atoms. The van der Waals surface area contributed by atoms with Gasteiger partial charge < -0.3 is 0 Å². The topological polar surface area (TPSA) is 0 Å². The minimum absolute atomic E-state index is 0.00935. The van der Waals surface area contributed by atoms with E-state index in [-0.39, 0.29) is 32.5 Å². The Labute approximate surface area is 576 Å². The number of aryl methyl sites for hydroxylation is 4. The summed E-state index contributed by atoms with van der Waals surface area (Å²) in [6.07, 6.45) is -4.26. The third-order valence-electron chi connectivity index (χ3n) is 13.6. The zero-order valence-corrected chi connectivity index (χ0v) is 64.0. The summed E-state index contributed by atoms with van der Waals surface area (Å²) in [5.41, 5.74) is 9.43. The van der Waals surface area contributed by atoms with E-state index in [2.05, 4.69) is 192 Å². The van der Waals surface area contributed by atoms with E-state index in [1.807, 2.05) is 70.2 Å². The molecule has 0 saturated carbocycles. The quantitative estimate of drug-likeness (QED) is 0.0807. The number of hydrogen-bond donors (Lipinski definition) is 0. The second-order valence-corrected chi connectivity index (χ2v) is 33.2. The first-order chi connectivity index (χ1) is 40.4. The second kappa shape index (κ2) is 33.7. The van der Waals surface area contributed by atoms with E-state index in [1.54, 1.807) is 19.1 Å². The normalized spacial score (nSPS) is 12.0. The van der Waals surface area contributed by atoms with Gasteiger partial charge in [0, 0.05) is 39.6 Å². The standard InChI is InChI=1S/C12H15F3.C11H14Br2.C11H14Cl2.C11H16.C10H12Cl2.C10H13Cl.C10H9F5/c1-8-5-9(11(2,3)4)7-10(6-8)12(13,14)15;2*1-7-5-8(12)6-9(13)10(7)11(2,3)4;1-9-7-5-6-8-10(9)11(2,3)4;1-10(2,3)9-7(11)5-4-6-8(9)12;1-10(2,3)8-6-4-5-7-9(8)11;1-10(2,3)4-5(11)7(13)9(15)8(14)6(4)12/h5-7H,1-4H3;2*5-6H,1-4H3;5-8H,1-4H3;4-6H,1-3H3;4-7H,1-3H3;1-3H3. The Morgan fingerprint density at radius 2 is 0.689 bits per heavy atom. The lowest BCUT2D eigenvalue weighted by atomic mass is 9.84. The van der Waals surface area contributed by atoms with Crippen LogP contribution in [0.5, 0.6) is 0 Å². The smallest absolute Gasteiger partial charge is 0.203 e. The number of hydrogen-bond acceptors (Lipinski definition) is 0. The van der Waals surface area contributed by atoms with Crippen molar-refractivity contribution >= 4 is 89.9 Å². The van der Waals surface area contributed by atoms with Crippen molar-refractivity contribution < 1.29 is 35.1 Å². The van der Waals surface area contributed by atoms with Crippen molar-refractivity contribution in [2.24, 2.45) is 0 Å². The minimum atomic E-state index is -4.26. The Morgan fingerprint density at radius 3 is 1.02 bits per heavy atom. The highest BCUT2D eigenvalue weighted by Crippen LogP contribution is 2.39. The first-order valence-corrected chi connectivity index (χ1v) is 32.8. The predicted molar refractivity (Wildman–Crippen MR) is 380 cm³/mol. The van der Waals surface area contributed by atoms with Crippen molar-refractivity contribution in [1.82, 2.24) is 0 Å². The SMILES string of the molecule is CC(C)(C)c1c(Cl)cccc1Cl.CC(C)(C)c1c(F)c(F)c(F)c(F)c1F.CC(C)(C)c1ccccc1Cl.Cc1cc(Br)cc(Br)c1C(C)(C)C.Cc1cc(C(C)(C)C)cc(C(F)(F)F)c1.Cc1cc(Cl)cc(Cl)c1C(C)(C)C.Cc1ccccc1C(C)(C)C. The maximum absolute atomic E-state index is 13.2. The van der Waals surface area contributed by atoms with E-state index in [0.717, 1.165) is 41.3 Å². The fraction of sp³-hybridized carbons (Fsp3) is 0.440. The molecule has 0 aliphatic rings. The molecule has 0 heterocycles. The van der Waals surface area contributed by atoms with Gasteiger partial charge in [0.2, 0.25) is 5.82 Å².